The van der Waals surface area contributed by atoms with Crippen molar-refractivity contribution in [3.63, 3.8) is 0 Å². The van der Waals surface area contributed by atoms with E-state index in [4.69, 9.17) is 10.9 Å². The average Bonchev–Trinajstić information content (AvgIpc) is 2.58. The van der Waals surface area contributed by atoms with Gasteiger partial charge in [0, 0.05) is 11.3 Å². The van der Waals surface area contributed by atoms with Gasteiger partial charge in [0.1, 0.15) is 10.7 Å². The summed E-state index contributed by atoms with van der Waals surface area (Å²) in [5.41, 5.74) is 0.568. The number of hydrogen-bond donors (Lipinski definition) is 2. The summed E-state index contributed by atoms with van der Waals surface area (Å²) < 4.78 is 0.949. The van der Waals surface area contributed by atoms with E-state index in [1.165, 1.54) is 11.3 Å². The Hall–Kier alpha value is -1.89. The first kappa shape index (κ1) is 12.6. The molecule has 0 amide bonds. The van der Waals surface area contributed by atoms with Crippen LogP contribution in [0.15, 0.2) is 4.79 Å². The van der Waals surface area contributed by atoms with E-state index >= 15 is 0 Å². The number of aliphatic carboxylic acids is 1. The van der Waals surface area contributed by atoms with E-state index < -0.39 is 5.97 Å². The van der Waals surface area contributed by atoms with Crippen LogP contribution in [0.4, 0.5) is 0 Å². The molecular formula is C11H13N3O3S. The fourth-order valence-electron chi connectivity index (χ4n) is 1.74. The van der Waals surface area contributed by atoms with Gasteiger partial charge in [0.15, 0.2) is 0 Å². The molecule has 0 saturated heterocycles. The lowest BCUT2D eigenvalue weighted by Gasteiger charge is -2.05. The number of thiophene rings is 1. The molecule has 6 nitrogen and oxygen atoms in total. The number of hydrogen-bond acceptors (Lipinski definition) is 5. The van der Waals surface area contributed by atoms with Crippen LogP contribution in [-0.4, -0.2) is 20.7 Å². The summed E-state index contributed by atoms with van der Waals surface area (Å²) in [6.07, 6.45) is 0.0471. The molecule has 96 valence electrons. The number of fused-ring (bicyclic) bond motifs is 1. The van der Waals surface area contributed by atoms with Crippen LogP contribution < -0.4 is 11.4 Å². The standard InChI is InChI=1S/C11H13N3O3S/c1-5-6(2)18-10-9(5)11(17)14(12)7(13-10)3-4-8(15)16/h3-4,12H2,1-2H3,(H,15,16). The second-order valence-corrected chi connectivity index (χ2v) is 5.26. The fraction of sp³-hybridized carbons (Fsp3) is 0.364. The molecule has 0 bridgehead atoms. The third kappa shape index (κ3) is 1.97. The molecule has 0 unspecified atom stereocenters. The van der Waals surface area contributed by atoms with Crippen molar-refractivity contribution in [3.05, 3.63) is 26.6 Å². The Morgan fingerprint density at radius 1 is 1.50 bits per heavy atom. The van der Waals surface area contributed by atoms with Crippen molar-refractivity contribution >= 4 is 27.5 Å². The topological polar surface area (TPSA) is 98.2 Å². The molecule has 0 aromatic carbocycles. The van der Waals surface area contributed by atoms with Crippen LogP contribution in [0, 0.1) is 13.8 Å². The van der Waals surface area contributed by atoms with Crippen molar-refractivity contribution in [2.24, 2.45) is 0 Å². The van der Waals surface area contributed by atoms with E-state index in [-0.39, 0.29) is 18.4 Å². The zero-order valence-corrected chi connectivity index (χ0v) is 10.9. The highest BCUT2D eigenvalue weighted by Gasteiger charge is 2.15. The fourth-order valence-corrected chi connectivity index (χ4v) is 2.78. The van der Waals surface area contributed by atoms with Crippen molar-refractivity contribution in [1.82, 2.24) is 9.66 Å². The van der Waals surface area contributed by atoms with Crippen LogP contribution in [-0.2, 0) is 11.2 Å². The molecule has 0 aliphatic rings. The highest BCUT2D eigenvalue weighted by atomic mass is 32.1. The first-order chi connectivity index (χ1) is 8.41. The largest absolute Gasteiger partial charge is 0.481 e. The van der Waals surface area contributed by atoms with Crippen LogP contribution in [0.25, 0.3) is 10.2 Å². The quantitative estimate of drug-likeness (QED) is 0.802. The summed E-state index contributed by atoms with van der Waals surface area (Å²) >= 11 is 1.42. The van der Waals surface area contributed by atoms with Gasteiger partial charge in [-0.1, -0.05) is 0 Å². The minimum Gasteiger partial charge on any atom is -0.481 e. The normalized spacial score (nSPS) is 11.0. The summed E-state index contributed by atoms with van der Waals surface area (Å²) in [4.78, 5) is 28.5. The molecule has 2 heterocycles. The number of nitrogens with zero attached hydrogens (tertiary/aromatic N) is 2. The third-order valence-electron chi connectivity index (χ3n) is 2.87. The molecule has 2 aromatic rings. The highest BCUT2D eigenvalue weighted by Crippen LogP contribution is 2.25. The minimum absolute atomic E-state index is 0.0987. The smallest absolute Gasteiger partial charge is 0.303 e. The van der Waals surface area contributed by atoms with Gasteiger partial charge in [-0.25, -0.2) is 9.66 Å². The molecule has 0 radical (unpaired) electrons. The minimum atomic E-state index is -0.942. The summed E-state index contributed by atoms with van der Waals surface area (Å²) in [6, 6.07) is 0. The lowest BCUT2D eigenvalue weighted by atomic mass is 10.2. The molecule has 0 aliphatic heterocycles. The van der Waals surface area contributed by atoms with Gasteiger partial charge < -0.3 is 10.9 Å². The molecule has 0 atom stereocenters. The molecule has 7 heteroatoms. The van der Waals surface area contributed by atoms with E-state index in [0.29, 0.717) is 16.0 Å². The van der Waals surface area contributed by atoms with Crippen LogP contribution in [0.5, 0.6) is 0 Å². The SMILES string of the molecule is Cc1sc2nc(CCC(=O)O)n(N)c(=O)c2c1C. The zero-order chi connectivity index (χ0) is 13.4. The number of nitrogens with two attached hydrogens (primary N) is 1. The predicted molar refractivity (Wildman–Crippen MR) is 69.5 cm³/mol. The Bertz CT molecular complexity index is 687. The van der Waals surface area contributed by atoms with E-state index in [2.05, 4.69) is 4.98 Å². The summed E-state index contributed by atoms with van der Waals surface area (Å²) in [5.74, 6) is 5.03. The molecule has 3 N–H and O–H groups in total. The van der Waals surface area contributed by atoms with E-state index in [1.54, 1.807) is 0 Å². The van der Waals surface area contributed by atoms with Crippen molar-refractivity contribution in [2.45, 2.75) is 26.7 Å². The first-order valence-electron chi connectivity index (χ1n) is 5.40. The number of aryl methyl sites for hydroxylation is 3. The van der Waals surface area contributed by atoms with Gasteiger partial charge in [0.2, 0.25) is 0 Å². The molecule has 18 heavy (non-hydrogen) atoms. The van der Waals surface area contributed by atoms with Gasteiger partial charge in [-0.15, -0.1) is 11.3 Å². The maximum Gasteiger partial charge on any atom is 0.303 e. The maximum absolute atomic E-state index is 12.1. The number of nitrogen functional groups attached to an aromatic ring is 1. The maximum atomic E-state index is 12.1. The van der Waals surface area contributed by atoms with E-state index in [1.807, 2.05) is 13.8 Å². The van der Waals surface area contributed by atoms with Gasteiger partial charge in [0.05, 0.1) is 11.8 Å². The molecule has 0 aliphatic carbocycles. The van der Waals surface area contributed by atoms with Crippen LogP contribution >= 0.6 is 11.3 Å². The Balaban J connectivity index is 2.61. The van der Waals surface area contributed by atoms with Gasteiger partial charge in [-0.05, 0) is 19.4 Å². The Kier molecular flexibility index (Phi) is 3.08. The van der Waals surface area contributed by atoms with Gasteiger partial charge in [0.25, 0.3) is 5.56 Å². The number of carboxylic acid groups (broad SMARTS) is 1. The van der Waals surface area contributed by atoms with E-state index in [9.17, 15) is 9.59 Å². The van der Waals surface area contributed by atoms with Crippen LogP contribution in [0.2, 0.25) is 0 Å². The van der Waals surface area contributed by atoms with E-state index in [0.717, 1.165) is 15.1 Å². The molecule has 0 fully saturated rings. The van der Waals surface area contributed by atoms with Gasteiger partial charge in [-0.2, -0.15) is 0 Å². The Morgan fingerprint density at radius 3 is 2.78 bits per heavy atom. The summed E-state index contributed by atoms with van der Waals surface area (Å²) in [7, 11) is 0. The zero-order valence-electron chi connectivity index (χ0n) is 10.1. The Labute approximate surface area is 107 Å². The molecule has 0 spiro atoms. The molecular weight excluding hydrogens is 254 g/mol. The molecule has 2 aromatic heterocycles. The Morgan fingerprint density at radius 2 is 2.17 bits per heavy atom. The summed E-state index contributed by atoms with van der Waals surface area (Å²) in [5, 5.41) is 9.17. The van der Waals surface area contributed by atoms with Crippen molar-refractivity contribution < 1.29 is 9.90 Å². The molecule has 0 saturated carbocycles. The van der Waals surface area contributed by atoms with Gasteiger partial charge >= 0.3 is 5.97 Å². The number of rotatable bonds is 3. The number of carbonyl (C=O) groups is 1. The number of carboxylic acids is 1. The second kappa shape index (κ2) is 4.41. The van der Waals surface area contributed by atoms with Gasteiger partial charge in [-0.3, -0.25) is 9.59 Å². The van der Waals surface area contributed by atoms with Crippen molar-refractivity contribution in [1.29, 1.82) is 0 Å². The van der Waals surface area contributed by atoms with Crippen LogP contribution in [0.3, 0.4) is 0 Å². The third-order valence-corrected chi connectivity index (χ3v) is 3.97. The lowest BCUT2D eigenvalue weighted by Crippen LogP contribution is -2.31. The lowest BCUT2D eigenvalue weighted by molar-refractivity contribution is -0.137. The highest BCUT2D eigenvalue weighted by molar-refractivity contribution is 7.18. The van der Waals surface area contributed by atoms with Crippen molar-refractivity contribution in [2.75, 3.05) is 5.84 Å². The number of aromatic nitrogens is 2. The molecule has 2 rings (SSSR count). The average molecular weight is 267 g/mol. The predicted octanol–water partition coefficient (Wildman–Crippen LogP) is 0.806. The second-order valence-electron chi connectivity index (χ2n) is 4.06. The van der Waals surface area contributed by atoms with Crippen LogP contribution in [0.1, 0.15) is 22.7 Å². The first-order valence-corrected chi connectivity index (χ1v) is 6.22. The summed E-state index contributed by atoms with van der Waals surface area (Å²) in [6.45, 7) is 3.77. The monoisotopic (exact) mass is 267 g/mol. The van der Waals surface area contributed by atoms with Crippen molar-refractivity contribution in [3.8, 4) is 0 Å².